The molecule has 0 saturated heterocycles. The normalized spacial score (nSPS) is 10.1. The zero-order chi connectivity index (χ0) is 12.5. The number of fused-ring (bicyclic) bond motifs is 1. The molecule has 0 aliphatic rings. The summed E-state index contributed by atoms with van der Waals surface area (Å²) >= 11 is 0. The Hall–Kier alpha value is -1.58. The van der Waals surface area contributed by atoms with Crippen molar-refractivity contribution >= 4 is 11.0 Å². The molecule has 0 aliphatic heterocycles. The van der Waals surface area contributed by atoms with Crippen LogP contribution in [0.4, 0.5) is 4.39 Å². The Bertz CT molecular complexity index is 566. The van der Waals surface area contributed by atoms with Crippen molar-refractivity contribution in [2.45, 2.75) is 20.8 Å². The Morgan fingerprint density at radius 1 is 1.12 bits per heavy atom. The fraction of sp³-hybridized carbons (Fsp3) is 0.417. The molecule has 2 aromatic rings. The third-order valence-corrected chi connectivity index (χ3v) is 2.56. The van der Waals surface area contributed by atoms with Gasteiger partial charge in [-0.1, -0.05) is 19.9 Å². The predicted molar refractivity (Wildman–Crippen MR) is 64.2 cm³/mol. The molecular weight excluding hydrogens is 207 g/mol. The van der Waals surface area contributed by atoms with E-state index in [1.165, 1.54) is 9.13 Å². The van der Waals surface area contributed by atoms with Crippen molar-refractivity contribution < 1.29 is 4.39 Å². The molecule has 0 N–H and O–H groups in total. The van der Waals surface area contributed by atoms with E-state index in [1.807, 2.05) is 13.8 Å². The summed E-state index contributed by atoms with van der Waals surface area (Å²) in [4.78, 5) is 11.5. The van der Waals surface area contributed by atoms with Gasteiger partial charge in [-0.15, -0.1) is 0 Å². The van der Waals surface area contributed by atoms with Crippen LogP contribution in [0.25, 0.3) is 11.0 Å². The number of imidazole rings is 1. The number of halogens is 1. The van der Waals surface area contributed by atoms with Crippen LogP contribution in [0.5, 0.6) is 0 Å². The van der Waals surface area contributed by atoms with Gasteiger partial charge in [0, 0.05) is 14.1 Å². The van der Waals surface area contributed by atoms with Gasteiger partial charge < -0.3 is 0 Å². The number of rotatable bonds is 0. The lowest BCUT2D eigenvalue weighted by Crippen LogP contribution is -2.19. The third-order valence-electron chi connectivity index (χ3n) is 2.56. The number of hydrogen-bond donors (Lipinski definition) is 0. The van der Waals surface area contributed by atoms with Gasteiger partial charge in [-0.25, -0.2) is 9.18 Å². The van der Waals surface area contributed by atoms with Gasteiger partial charge in [0.15, 0.2) is 5.82 Å². The molecule has 4 heteroatoms. The van der Waals surface area contributed by atoms with Gasteiger partial charge in [0.25, 0.3) is 0 Å². The monoisotopic (exact) mass is 224 g/mol. The molecule has 16 heavy (non-hydrogen) atoms. The molecule has 0 saturated carbocycles. The standard InChI is InChI=1S/C10H11FN2O.C2H6/c1-6-4-5-7-9(8(6)11)13(3)10(14)12(7)2;1-2/h4-5H,1-3H3;1-2H3. The quantitative estimate of drug-likeness (QED) is 0.674. The van der Waals surface area contributed by atoms with E-state index >= 15 is 0 Å². The van der Waals surface area contributed by atoms with Gasteiger partial charge in [0.1, 0.15) is 5.52 Å². The van der Waals surface area contributed by atoms with Crippen molar-refractivity contribution in [2.75, 3.05) is 0 Å². The highest BCUT2D eigenvalue weighted by molar-refractivity contribution is 5.77. The van der Waals surface area contributed by atoms with E-state index < -0.39 is 0 Å². The highest BCUT2D eigenvalue weighted by Gasteiger charge is 2.12. The zero-order valence-electron chi connectivity index (χ0n) is 10.3. The average Bonchev–Trinajstić information content (AvgIpc) is 2.52. The Labute approximate surface area is 94.1 Å². The summed E-state index contributed by atoms with van der Waals surface area (Å²) < 4.78 is 16.5. The fourth-order valence-corrected chi connectivity index (χ4v) is 1.67. The van der Waals surface area contributed by atoms with E-state index in [-0.39, 0.29) is 11.5 Å². The largest absolute Gasteiger partial charge is 0.328 e. The molecule has 0 radical (unpaired) electrons. The molecule has 1 aromatic heterocycles. The first-order chi connectivity index (χ1) is 7.54. The van der Waals surface area contributed by atoms with Crippen LogP contribution in [0.3, 0.4) is 0 Å². The Kier molecular flexibility index (Phi) is 3.52. The maximum absolute atomic E-state index is 13.7. The first-order valence-corrected chi connectivity index (χ1v) is 5.34. The molecule has 0 bridgehead atoms. The van der Waals surface area contributed by atoms with Crippen molar-refractivity contribution in [3.8, 4) is 0 Å². The first kappa shape index (κ1) is 12.5. The lowest BCUT2D eigenvalue weighted by molar-refractivity contribution is 0.621. The highest BCUT2D eigenvalue weighted by Crippen LogP contribution is 2.18. The Morgan fingerprint density at radius 3 is 2.25 bits per heavy atom. The summed E-state index contributed by atoms with van der Waals surface area (Å²) in [6.07, 6.45) is 0. The van der Waals surface area contributed by atoms with Crippen LogP contribution in [0.2, 0.25) is 0 Å². The average molecular weight is 224 g/mol. The van der Waals surface area contributed by atoms with Crippen molar-refractivity contribution in [1.82, 2.24) is 9.13 Å². The summed E-state index contributed by atoms with van der Waals surface area (Å²) in [5, 5.41) is 0. The second-order valence-corrected chi connectivity index (χ2v) is 3.46. The van der Waals surface area contributed by atoms with Crippen LogP contribution in [0.1, 0.15) is 19.4 Å². The molecule has 0 aliphatic carbocycles. The molecule has 0 spiro atoms. The molecule has 88 valence electrons. The smallest absolute Gasteiger partial charge is 0.295 e. The maximum atomic E-state index is 13.7. The SMILES string of the molecule is CC.Cc1ccc2c(c1F)n(C)c(=O)n2C. The minimum absolute atomic E-state index is 0.204. The first-order valence-electron chi connectivity index (χ1n) is 5.34. The van der Waals surface area contributed by atoms with Crippen LogP contribution in [0.15, 0.2) is 16.9 Å². The maximum Gasteiger partial charge on any atom is 0.328 e. The van der Waals surface area contributed by atoms with E-state index in [4.69, 9.17) is 0 Å². The number of aromatic nitrogens is 2. The zero-order valence-corrected chi connectivity index (χ0v) is 10.3. The summed E-state index contributed by atoms with van der Waals surface area (Å²) in [7, 11) is 3.21. The van der Waals surface area contributed by atoms with Crippen molar-refractivity contribution in [2.24, 2.45) is 14.1 Å². The van der Waals surface area contributed by atoms with Crippen molar-refractivity contribution in [1.29, 1.82) is 0 Å². The van der Waals surface area contributed by atoms with Gasteiger partial charge in [0.2, 0.25) is 0 Å². The minimum Gasteiger partial charge on any atom is -0.295 e. The number of aryl methyl sites for hydroxylation is 3. The van der Waals surface area contributed by atoms with Gasteiger partial charge in [-0.05, 0) is 18.6 Å². The molecule has 2 rings (SSSR count). The van der Waals surface area contributed by atoms with E-state index in [2.05, 4.69) is 0 Å². The minimum atomic E-state index is -0.317. The summed E-state index contributed by atoms with van der Waals surface area (Å²) in [6.45, 7) is 5.69. The van der Waals surface area contributed by atoms with Gasteiger partial charge >= 0.3 is 5.69 Å². The molecule has 0 atom stereocenters. The lowest BCUT2D eigenvalue weighted by Gasteiger charge is -1.99. The van der Waals surface area contributed by atoms with Crippen LogP contribution < -0.4 is 5.69 Å². The Balaban J connectivity index is 0.000000606. The molecular formula is C12H17FN2O. The van der Waals surface area contributed by atoms with Crippen LogP contribution in [-0.2, 0) is 14.1 Å². The number of benzene rings is 1. The van der Waals surface area contributed by atoms with Crippen LogP contribution >= 0.6 is 0 Å². The highest BCUT2D eigenvalue weighted by atomic mass is 19.1. The van der Waals surface area contributed by atoms with Gasteiger partial charge in [-0.3, -0.25) is 9.13 Å². The van der Waals surface area contributed by atoms with E-state index in [1.54, 1.807) is 33.2 Å². The topological polar surface area (TPSA) is 26.9 Å². The molecule has 3 nitrogen and oxygen atoms in total. The summed E-state index contributed by atoms with van der Waals surface area (Å²) in [6, 6.07) is 3.44. The van der Waals surface area contributed by atoms with Gasteiger partial charge in [0.05, 0.1) is 5.52 Å². The van der Waals surface area contributed by atoms with Crippen molar-refractivity contribution in [3.05, 3.63) is 34.0 Å². The second kappa shape index (κ2) is 4.51. The second-order valence-electron chi connectivity index (χ2n) is 3.46. The van der Waals surface area contributed by atoms with Gasteiger partial charge in [-0.2, -0.15) is 0 Å². The van der Waals surface area contributed by atoms with E-state index in [0.29, 0.717) is 16.6 Å². The molecule has 1 heterocycles. The fourth-order valence-electron chi connectivity index (χ4n) is 1.67. The van der Waals surface area contributed by atoms with Crippen molar-refractivity contribution in [3.63, 3.8) is 0 Å². The third kappa shape index (κ3) is 1.64. The number of nitrogens with zero attached hydrogens (tertiary/aromatic N) is 2. The lowest BCUT2D eigenvalue weighted by atomic mass is 10.2. The summed E-state index contributed by atoms with van der Waals surface area (Å²) in [5.74, 6) is -0.317. The predicted octanol–water partition coefficient (Wildman–Crippen LogP) is 2.35. The number of hydrogen-bond acceptors (Lipinski definition) is 1. The molecule has 1 aromatic carbocycles. The van der Waals surface area contributed by atoms with Crippen LogP contribution in [-0.4, -0.2) is 9.13 Å². The van der Waals surface area contributed by atoms with E-state index in [9.17, 15) is 9.18 Å². The molecule has 0 unspecified atom stereocenters. The summed E-state index contributed by atoms with van der Waals surface area (Å²) in [5.41, 5.74) is 1.35. The Morgan fingerprint density at radius 2 is 1.69 bits per heavy atom. The molecule has 0 amide bonds. The van der Waals surface area contributed by atoms with E-state index in [0.717, 1.165) is 0 Å². The molecule has 0 fully saturated rings. The van der Waals surface area contributed by atoms with Crippen LogP contribution in [0, 0.1) is 12.7 Å².